The molecule has 0 spiro atoms. The highest BCUT2D eigenvalue weighted by Gasteiger charge is 2.41. The van der Waals surface area contributed by atoms with Gasteiger partial charge in [0, 0.05) is 13.0 Å². The van der Waals surface area contributed by atoms with E-state index in [0.29, 0.717) is 19.0 Å². The predicted molar refractivity (Wildman–Crippen MR) is 114 cm³/mol. The molecule has 2 N–H and O–H groups in total. The van der Waals surface area contributed by atoms with Gasteiger partial charge in [-0.3, -0.25) is 9.36 Å². The van der Waals surface area contributed by atoms with E-state index in [0.717, 1.165) is 16.7 Å². The molecule has 36 heavy (non-hydrogen) atoms. The molecule has 0 saturated carbocycles. The summed E-state index contributed by atoms with van der Waals surface area (Å²) in [5, 5.41) is 20.7. The summed E-state index contributed by atoms with van der Waals surface area (Å²) in [6, 6.07) is 1.78. The number of carbonyl (C=O) groups is 1. The maximum atomic E-state index is 12.9. The molecule has 0 amide bonds. The Bertz CT molecular complexity index is 1220. The van der Waals surface area contributed by atoms with E-state index in [4.69, 9.17) is 0 Å². The lowest BCUT2D eigenvalue weighted by molar-refractivity contribution is -0.537. The van der Waals surface area contributed by atoms with Gasteiger partial charge in [0.05, 0.1) is 11.1 Å². The molecule has 0 aliphatic carbocycles. The maximum Gasteiger partial charge on any atom is 0.490 e. The van der Waals surface area contributed by atoms with Crippen molar-refractivity contribution in [3.63, 3.8) is 0 Å². The lowest BCUT2D eigenvalue weighted by Crippen LogP contribution is -2.41. The van der Waals surface area contributed by atoms with E-state index in [1.54, 1.807) is 10.8 Å². The number of aromatic hydroxyl groups is 1. The fraction of sp³-hybridized carbons (Fsp3) is 0.476. The first kappa shape index (κ1) is 26.9. The molecule has 3 rings (SSSR count). The van der Waals surface area contributed by atoms with Crippen molar-refractivity contribution in [3.05, 3.63) is 34.1 Å². The minimum Gasteiger partial charge on any atom is -0.507 e. The highest BCUT2D eigenvalue weighted by atomic mass is 19.4. The van der Waals surface area contributed by atoms with Gasteiger partial charge >= 0.3 is 18.3 Å². The number of anilines is 1. The number of phenols is 1. The summed E-state index contributed by atoms with van der Waals surface area (Å²) in [5.74, 6) is -3.28. The third kappa shape index (κ3) is 6.31. The number of phenolic OH excluding ortho intramolecular Hbond substituents is 1. The number of ether oxygens (including phenoxy) is 1. The molecule has 0 saturated heterocycles. The Labute approximate surface area is 200 Å². The van der Waals surface area contributed by atoms with E-state index in [1.165, 1.54) is 7.05 Å². The van der Waals surface area contributed by atoms with Crippen molar-refractivity contribution in [2.24, 2.45) is 13.0 Å². The molecule has 1 aromatic heterocycles. The molecule has 1 aliphatic heterocycles. The zero-order chi connectivity index (χ0) is 26.8. The summed E-state index contributed by atoms with van der Waals surface area (Å²) in [6.07, 6.45) is -7.56. The van der Waals surface area contributed by atoms with E-state index >= 15 is 0 Å². The van der Waals surface area contributed by atoms with Gasteiger partial charge in [0.1, 0.15) is 24.9 Å². The lowest BCUT2D eigenvalue weighted by atomic mass is 9.99. The van der Waals surface area contributed by atoms with Crippen LogP contribution < -0.4 is 10.9 Å². The van der Waals surface area contributed by atoms with E-state index in [-0.39, 0.29) is 29.7 Å². The number of hydrogen-bond acceptors (Lipinski definition) is 7. The monoisotopic (exact) mass is 522 g/mol. The number of benzene rings is 1. The molecular weight excluding hydrogens is 500 g/mol. The number of nitrogens with zero attached hydrogens (tertiary/aromatic N) is 4. The summed E-state index contributed by atoms with van der Waals surface area (Å²) in [7, 11) is 1.31. The SMILES string of the molecule is C[C@H]1C[C@@H](Nc2nnc(-c3ccc(C(F)(F)F)cc3O)n(C)c2=O)C=[N+](CCOC(=O)C(F)(F)F)C1. The first-order valence-corrected chi connectivity index (χ1v) is 10.6. The average Bonchev–Trinajstić information content (AvgIpc) is 2.76. The minimum absolute atomic E-state index is 0.000163. The van der Waals surface area contributed by atoms with Crippen LogP contribution in [0, 0.1) is 5.92 Å². The Kier molecular flexibility index (Phi) is 7.59. The van der Waals surface area contributed by atoms with Crippen LogP contribution in [0.3, 0.4) is 0 Å². The lowest BCUT2D eigenvalue weighted by Gasteiger charge is -2.23. The summed E-state index contributed by atoms with van der Waals surface area (Å²) in [4.78, 5) is 23.7. The third-order valence-corrected chi connectivity index (χ3v) is 5.39. The van der Waals surface area contributed by atoms with E-state index in [9.17, 15) is 41.0 Å². The van der Waals surface area contributed by atoms with Crippen LogP contribution in [-0.2, 0) is 22.8 Å². The first-order valence-electron chi connectivity index (χ1n) is 10.6. The molecule has 0 unspecified atom stereocenters. The summed E-state index contributed by atoms with van der Waals surface area (Å²) >= 11 is 0. The third-order valence-electron chi connectivity index (χ3n) is 5.39. The Morgan fingerprint density at radius 3 is 2.56 bits per heavy atom. The Morgan fingerprint density at radius 2 is 1.94 bits per heavy atom. The van der Waals surface area contributed by atoms with Crippen LogP contribution in [0.5, 0.6) is 5.75 Å². The summed E-state index contributed by atoms with van der Waals surface area (Å²) in [5.41, 5.74) is -1.87. The van der Waals surface area contributed by atoms with Crippen molar-refractivity contribution in [3.8, 4) is 17.1 Å². The van der Waals surface area contributed by atoms with Crippen molar-refractivity contribution >= 4 is 18.0 Å². The van der Waals surface area contributed by atoms with Gasteiger partial charge in [0.25, 0.3) is 5.56 Å². The van der Waals surface area contributed by atoms with Gasteiger partial charge in [-0.25, -0.2) is 9.37 Å². The summed E-state index contributed by atoms with van der Waals surface area (Å²) in [6.45, 7) is 1.88. The quantitative estimate of drug-likeness (QED) is 0.341. The fourth-order valence-corrected chi connectivity index (χ4v) is 3.74. The van der Waals surface area contributed by atoms with Gasteiger partial charge in [0.15, 0.2) is 18.6 Å². The van der Waals surface area contributed by atoms with Crippen molar-refractivity contribution in [2.75, 3.05) is 25.0 Å². The Hall–Kier alpha value is -3.65. The van der Waals surface area contributed by atoms with Crippen LogP contribution in [0.1, 0.15) is 18.9 Å². The zero-order valence-electron chi connectivity index (χ0n) is 19.0. The number of carbonyl (C=O) groups excluding carboxylic acids is 1. The van der Waals surface area contributed by atoms with Crippen molar-refractivity contribution in [1.29, 1.82) is 0 Å². The standard InChI is InChI=1S/C21H21F6N5O4/c1-11-7-13(10-32(9-11)5-6-36-19(35)21(25,26)27)28-16-18(34)31(2)17(30-29-16)14-4-3-12(8-15(14)33)20(22,23)24/h3-4,8,10-11,13H,5-7,9H2,1-2H3,(H-,28,29,30,33,34)/p+1/t11-,13+/m0/s1. The van der Waals surface area contributed by atoms with Gasteiger partial charge < -0.3 is 15.2 Å². The second-order valence-corrected chi connectivity index (χ2v) is 8.34. The highest BCUT2D eigenvalue weighted by molar-refractivity contribution is 5.75. The molecule has 2 aromatic rings. The molecule has 9 nitrogen and oxygen atoms in total. The Balaban J connectivity index is 1.76. The van der Waals surface area contributed by atoms with Crippen molar-refractivity contribution in [1.82, 2.24) is 14.8 Å². The molecule has 15 heteroatoms. The zero-order valence-corrected chi connectivity index (χ0v) is 19.0. The van der Waals surface area contributed by atoms with Gasteiger partial charge in [0.2, 0.25) is 5.82 Å². The number of halogens is 6. The molecular formula is C21H22F6N5O4+. The predicted octanol–water partition coefficient (Wildman–Crippen LogP) is 2.58. The molecule has 0 bridgehead atoms. The van der Waals surface area contributed by atoms with Crippen LogP contribution in [0.15, 0.2) is 23.0 Å². The first-order chi connectivity index (χ1) is 16.7. The highest BCUT2D eigenvalue weighted by Crippen LogP contribution is 2.35. The van der Waals surface area contributed by atoms with Crippen molar-refractivity contribution in [2.45, 2.75) is 31.7 Å². The number of aromatic nitrogens is 3. The topological polar surface area (TPSA) is 109 Å². The van der Waals surface area contributed by atoms with Gasteiger partial charge in [-0.15, -0.1) is 10.2 Å². The molecule has 1 aromatic carbocycles. The maximum absolute atomic E-state index is 12.9. The summed E-state index contributed by atoms with van der Waals surface area (Å²) < 4.78 is 82.2. The molecule has 2 heterocycles. The number of esters is 1. The Morgan fingerprint density at radius 1 is 1.25 bits per heavy atom. The molecule has 196 valence electrons. The smallest absolute Gasteiger partial charge is 0.490 e. The fourth-order valence-electron chi connectivity index (χ4n) is 3.74. The van der Waals surface area contributed by atoms with Crippen LogP contribution >= 0.6 is 0 Å². The average molecular weight is 522 g/mol. The second-order valence-electron chi connectivity index (χ2n) is 8.34. The number of alkyl halides is 6. The van der Waals surface area contributed by atoms with Gasteiger partial charge in [-0.2, -0.15) is 26.3 Å². The normalized spacial score (nSPS) is 18.5. The van der Waals surface area contributed by atoms with Crippen molar-refractivity contribution < 1.29 is 45.6 Å². The van der Waals surface area contributed by atoms with E-state index < -0.39 is 47.8 Å². The molecule has 0 radical (unpaired) electrons. The van der Waals surface area contributed by atoms with Crippen LogP contribution in [-0.4, -0.2) is 68.5 Å². The number of nitrogens with one attached hydrogen (secondary N) is 1. The number of rotatable bonds is 6. The molecule has 0 fully saturated rings. The minimum atomic E-state index is -5.08. The molecule has 1 aliphatic rings. The number of hydrogen-bond donors (Lipinski definition) is 2. The van der Waals surface area contributed by atoms with Crippen LogP contribution in [0.25, 0.3) is 11.4 Å². The largest absolute Gasteiger partial charge is 0.507 e. The second kappa shape index (κ2) is 10.1. The van der Waals surface area contributed by atoms with Gasteiger partial charge in [-0.05, 0) is 24.6 Å². The molecule has 2 atom stereocenters. The van der Waals surface area contributed by atoms with Crippen LogP contribution in [0.2, 0.25) is 0 Å². The van der Waals surface area contributed by atoms with Gasteiger partial charge in [-0.1, -0.05) is 6.92 Å². The van der Waals surface area contributed by atoms with Crippen LogP contribution in [0.4, 0.5) is 32.2 Å². The van der Waals surface area contributed by atoms with E-state index in [2.05, 4.69) is 20.3 Å². The van der Waals surface area contributed by atoms with E-state index in [1.807, 2.05) is 6.92 Å².